The summed E-state index contributed by atoms with van der Waals surface area (Å²) in [7, 11) is 0. The van der Waals surface area contributed by atoms with Crippen molar-refractivity contribution in [1.82, 2.24) is 5.01 Å². The van der Waals surface area contributed by atoms with Crippen LogP contribution in [0.1, 0.15) is 20.3 Å². The highest BCUT2D eigenvalue weighted by atomic mass is 15.4. The fourth-order valence-electron chi connectivity index (χ4n) is 0.427. The second kappa shape index (κ2) is 3.50. The monoisotopic (exact) mass is 114 g/mol. The maximum Gasteiger partial charge on any atom is 0.0309 e. The van der Waals surface area contributed by atoms with Crippen LogP contribution >= 0.6 is 0 Å². The van der Waals surface area contributed by atoms with Gasteiger partial charge in [-0.25, -0.2) is 5.84 Å². The van der Waals surface area contributed by atoms with Crippen LogP contribution in [-0.4, -0.2) is 11.6 Å². The highest BCUT2D eigenvalue weighted by Crippen LogP contribution is 1.97. The zero-order valence-electron chi connectivity index (χ0n) is 5.65. The lowest BCUT2D eigenvalue weighted by atomic mass is 10.4. The molecule has 0 aliphatic carbocycles. The summed E-state index contributed by atoms with van der Waals surface area (Å²) in [6, 6.07) is 0. The predicted molar refractivity (Wildman–Crippen MR) is 36.0 cm³/mol. The Balaban J connectivity index is 3.46. The SMILES string of the molecule is C=C(CC)N(N)CC. The van der Waals surface area contributed by atoms with Crippen molar-refractivity contribution >= 4 is 0 Å². The third-order valence-electron chi connectivity index (χ3n) is 1.15. The molecule has 0 saturated carbocycles. The van der Waals surface area contributed by atoms with E-state index in [1.165, 1.54) is 0 Å². The van der Waals surface area contributed by atoms with Crippen LogP contribution in [0.25, 0.3) is 0 Å². The van der Waals surface area contributed by atoms with Crippen LogP contribution in [0.3, 0.4) is 0 Å². The predicted octanol–water partition coefficient (Wildman–Crippen LogP) is 1.11. The Morgan fingerprint density at radius 1 is 1.62 bits per heavy atom. The first kappa shape index (κ1) is 7.50. The number of hydrazine groups is 1. The van der Waals surface area contributed by atoms with Crippen LogP contribution in [0, 0.1) is 0 Å². The average Bonchev–Trinajstić information content (AvgIpc) is 1.84. The molecule has 2 N–H and O–H groups in total. The molecular formula is C6H14N2. The molecule has 0 radical (unpaired) electrons. The summed E-state index contributed by atoms with van der Waals surface area (Å²) in [5.41, 5.74) is 0.993. The standard InChI is InChI=1S/C6H14N2/c1-4-6(3)8(7)5-2/h3-5,7H2,1-2H3. The van der Waals surface area contributed by atoms with E-state index < -0.39 is 0 Å². The summed E-state index contributed by atoms with van der Waals surface area (Å²) in [6.07, 6.45) is 0.935. The van der Waals surface area contributed by atoms with Crippen molar-refractivity contribution in [2.24, 2.45) is 5.84 Å². The highest BCUT2D eigenvalue weighted by molar-refractivity contribution is 4.88. The fourth-order valence-corrected chi connectivity index (χ4v) is 0.427. The molecule has 0 unspecified atom stereocenters. The maximum atomic E-state index is 5.46. The van der Waals surface area contributed by atoms with E-state index in [0.29, 0.717) is 0 Å². The summed E-state index contributed by atoms with van der Waals surface area (Å²) in [5.74, 6) is 5.46. The first-order valence-electron chi connectivity index (χ1n) is 2.92. The molecule has 8 heavy (non-hydrogen) atoms. The van der Waals surface area contributed by atoms with Gasteiger partial charge in [-0.15, -0.1) is 0 Å². The maximum absolute atomic E-state index is 5.46. The minimum Gasteiger partial charge on any atom is -0.316 e. The number of allylic oxidation sites excluding steroid dienone is 1. The molecule has 2 heteroatoms. The summed E-state index contributed by atoms with van der Waals surface area (Å²) in [6.45, 7) is 8.63. The molecule has 0 rings (SSSR count). The molecular weight excluding hydrogens is 100 g/mol. The van der Waals surface area contributed by atoms with Gasteiger partial charge in [-0.05, 0) is 13.3 Å². The zero-order chi connectivity index (χ0) is 6.57. The first-order chi connectivity index (χ1) is 3.72. The summed E-state index contributed by atoms with van der Waals surface area (Å²) in [5, 5.41) is 1.65. The Kier molecular flexibility index (Phi) is 3.28. The van der Waals surface area contributed by atoms with Gasteiger partial charge in [-0.2, -0.15) is 0 Å². The van der Waals surface area contributed by atoms with Crippen LogP contribution in [0.4, 0.5) is 0 Å². The molecule has 2 nitrogen and oxygen atoms in total. The van der Waals surface area contributed by atoms with Crippen molar-refractivity contribution in [3.8, 4) is 0 Å². The van der Waals surface area contributed by atoms with Crippen molar-refractivity contribution in [3.05, 3.63) is 12.3 Å². The molecule has 0 fully saturated rings. The van der Waals surface area contributed by atoms with Crippen LogP contribution in [0.15, 0.2) is 12.3 Å². The lowest BCUT2D eigenvalue weighted by Gasteiger charge is -2.16. The lowest BCUT2D eigenvalue weighted by molar-refractivity contribution is 0.370. The average molecular weight is 114 g/mol. The molecule has 0 aliphatic rings. The lowest BCUT2D eigenvalue weighted by Crippen LogP contribution is -2.28. The van der Waals surface area contributed by atoms with Gasteiger partial charge in [-0.1, -0.05) is 13.5 Å². The molecule has 0 aromatic carbocycles. The smallest absolute Gasteiger partial charge is 0.0309 e. The molecule has 0 aliphatic heterocycles. The van der Waals surface area contributed by atoms with Crippen LogP contribution in [-0.2, 0) is 0 Å². The number of hydrogen-bond donors (Lipinski definition) is 1. The second-order valence-corrected chi connectivity index (χ2v) is 1.71. The summed E-state index contributed by atoms with van der Waals surface area (Å²) in [4.78, 5) is 0. The van der Waals surface area contributed by atoms with Crippen molar-refractivity contribution in [3.63, 3.8) is 0 Å². The molecule has 0 atom stereocenters. The summed E-state index contributed by atoms with van der Waals surface area (Å²) >= 11 is 0. The minimum atomic E-state index is 0.840. The highest BCUT2D eigenvalue weighted by Gasteiger charge is 1.92. The Hall–Kier alpha value is -0.500. The molecule has 0 amide bonds. The van der Waals surface area contributed by atoms with Gasteiger partial charge in [0.15, 0.2) is 0 Å². The van der Waals surface area contributed by atoms with E-state index in [4.69, 9.17) is 5.84 Å². The molecule has 0 heterocycles. The van der Waals surface area contributed by atoms with Crippen LogP contribution in [0.2, 0.25) is 0 Å². The van der Waals surface area contributed by atoms with Gasteiger partial charge >= 0.3 is 0 Å². The number of rotatable bonds is 3. The van der Waals surface area contributed by atoms with E-state index in [2.05, 4.69) is 6.58 Å². The van der Waals surface area contributed by atoms with E-state index >= 15 is 0 Å². The quantitative estimate of drug-likeness (QED) is 0.440. The molecule has 0 bridgehead atoms. The minimum absolute atomic E-state index is 0.840. The first-order valence-corrected chi connectivity index (χ1v) is 2.92. The molecule has 0 spiro atoms. The van der Waals surface area contributed by atoms with Crippen molar-refractivity contribution in [2.45, 2.75) is 20.3 Å². The van der Waals surface area contributed by atoms with Gasteiger partial charge in [0.1, 0.15) is 0 Å². The van der Waals surface area contributed by atoms with Gasteiger partial charge < -0.3 is 5.01 Å². The van der Waals surface area contributed by atoms with Gasteiger partial charge in [-0.3, -0.25) is 0 Å². The normalized spacial score (nSPS) is 8.88. The van der Waals surface area contributed by atoms with E-state index in [1.807, 2.05) is 13.8 Å². The zero-order valence-corrected chi connectivity index (χ0v) is 5.65. The molecule has 48 valence electrons. The largest absolute Gasteiger partial charge is 0.316 e. The van der Waals surface area contributed by atoms with Gasteiger partial charge in [0.25, 0.3) is 0 Å². The van der Waals surface area contributed by atoms with Gasteiger partial charge in [0.2, 0.25) is 0 Å². The number of nitrogens with zero attached hydrogens (tertiary/aromatic N) is 1. The van der Waals surface area contributed by atoms with Crippen LogP contribution in [0.5, 0.6) is 0 Å². The van der Waals surface area contributed by atoms with Crippen LogP contribution < -0.4 is 5.84 Å². The Labute approximate surface area is 50.9 Å². The van der Waals surface area contributed by atoms with Crippen molar-refractivity contribution < 1.29 is 0 Å². The third kappa shape index (κ3) is 1.98. The fraction of sp³-hybridized carbons (Fsp3) is 0.667. The van der Waals surface area contributed by atoms with Gasteiger partial charge in [0.05, 0.1) is 0 Å². The third-order valence-corrected chi connectivity index (χ3v) is 1.15. The number of nitrogens with two attached hydrogens (primary N) is 1. The van der Waals surface area contributed by atoms with Crippen molar-refractivity contribution in [1.29, 1.82) is 0 Å². The Bertz CT molecular complexity index is 78.6. The van der Waals surface area contributed by atoms with Gasteiger partial charge in [0, 0.05) is 12.2 Å². The topological polar surface area (TPSA) is 29.3 Å². The molecule has 0 aromatic heterocycles. The number of hydrogen-bond acceptors (Lipinski definition) is 2. The Morgan fingerprint density at radius 2 is 2.12 bits per heavy atom. The van der Waals surface area contributed by atoms with E-state index in [9.17, 15) is 0 Å². The molecule has 0 aromatic rings. The van der Waals surface area contributed by atoms with E-state index in [1.54, 1.807) is 5.01 Å². The van der Waals surface area contributed by atoms with Crippen molar-refractivity contribution in [2.75, 3.05) is 6.54 Å². The molecule has 0 saturated heterocycles. The Morgan fingerprint density at radius 3 is 2.25 bits per heavy atom. The van der Waals surface area contributed by atoms with E-state index in [-0.39, 0.29) is 0 Å². The summed E-state index contributed by atoms with van der Waals surface area (Å²) < 4.78 is 0. The second-order valence-electron chi connectivity index (χ2n) is 1.71. The van der Waals surface area contributed by atoms with E-state index in [0.717, 1.165) is 18.7 Å².